The minimum atomic E-state index is -1.57. The standard InChI is InChI=1S/C25H31NO6/c1-4-26-15-6-5-8-18-12-14-20(27)23-19(18)9-7-10-21(28)24(30)22(29)13-11-16(2)17(3)32-25(23)31/h7,9,11-14,16-17,21,24,26-28,30H,4,6,10,15H2,1-3H3/b9-7+,13-11-/t16-,17+,21+,24+/m1/s1. The van der Waals surface area contributed by atoms with Gasteiger partial charge in [-0.3, -0.25) is 4.79 Å². The molecule has 172 valence electrons. The van der Waals surface area contributed by atoms with Crippen LogP contribution in [0.5, 0.6) is 5.75 Å². The minimum Gasteiger partial charge on any atom is -0.507 e. The lowest BCUT2D eigenvalue weighted by Gasteiger charge is -2.20. The van der Waals surface area contributed by atoms with Crippen molar-refractivity contribution in [3.63, 3.8) is 0 Å². The Bertz CT molecular complexity index is 940. The lowest BCUT2D eigenvalue weighted by atomic mass is 9.97. The maximum Gasteiger partial charge on any atom is 0.342 e. The molecule has 1 aliphatic rings. The van der Waals surface area contributed by atoms with Crippen LogP contribution in [0.1, 0.15) is 55.1 Å². The van der Waals surface area contributed by atoms with Gasteiger partial charge in [0.05, 0.1) is 6.10 Å². The number of cyclic esters (lactones) is 1. The van der Waals surface area contributed by atoms with Crippen LogP contribution in [0.4, 0.5) is 0 Å². The fraction of sp³-hybridized carbons (Fsp3) is 0.440. The normalized spacial score (nSPS) is 26.2. The van der Waals surface area contributed by atoms with Gasteiger partial charge < -0.3 is 25.4 Å². The largest absolute Gasteiger partial charge is 0.507 e. The summed E-state index contributed by atoms with van der Waals surface area (Å²) in [7, 11) is 0. The molecule has 0 saturated carbocycles. The van der Waals surface area contributed by atoms with E-state index in [9.17, 15) is 24.9 Å². The van der Waals surface area contributed by atoms with Gasteiger partial charge in [0.25, 0.3) is 0 Å². The van der Waals surface area contributed by atoms with Crippen LogP contribution < -0.4 is 5.32 Å². The van der Waals surface area contributed by atoms with Crippen molar-refractivity contribution in [2.45, 2.75) is 51.9 Å². The summed E-state index contributed by atoms with van der Waals surface area (Å²) in [5.74, 6) is 4.14. The Morgan fingerprint density at radius 2 is 1.94 bits per heavy atom. The Labute approximate surface area is 188 Å². The topological polar surface area (TPSA) is 116 Å². The number of aliphatic hydroxyl groups is 2. The van der Waals surface area contributed by atoms with Gasteiger partial charge in [0, 0.05) is 30.0 Å². The van der Waals surface area contributed by atoms with E-state index in [1.807, 2.05) is 6.92 Å². The summed E-state index contributed by atoms with van der Waals surface area (Å²) in [6, 6.07) is 3.01. The number of hydrogen-bond acceptors (Lipinski definition) is 7. The first kappa shape index (κ1) is 25.3. The smallest absolute Gasteiger partial charge is 0.342 e. The van der Waals surface area contributed by atoms with Gasteiger partial charge in [-0.2, -0.15) is 0 Å². The molecule has 0 unspecified atom stereocenters. The van der Waals surface area contributed by atoms with Gasteiger partial charge in [-0.15, -0.1) is 0 Å². The fourth-order valence-corrected chi connectivity index (χ4v) is 3.07. The van der Waals surface area contributed by atoms with Crippen molar-refractivity contribution in [2.75, 3.05) is 13.1 Å². The third-order valence-electron chi connectivity index (χ3n) is 5.24. The zero-order chi connectivity index (χ0) is 23.7. The highest BCUT2D eigenvalue weighted by Crippen LogP contribution is 2.28. The van der Waals surface area contributed by atoms with Crippen LogP contribution in [-0.4, -0.2) is 58.5 Å². The van der Waals surface area contributed by atoms with E-state index in [1.165, 1.54) is 24.3 Å². The highest BCUT2D eigenvalue weighted by atomic mass is 16.5. The number of aromatic hydroxyl groups is 1. The second kappa shape index (κ2) is 12.2. The number of nitrogens with one attached hydrogen (secondary N) is 1. The molecule has 0 radical (unpaired) electrons. The molecule has 0 spiro atoms. The number of ether oxygens (including phenoxy) is 1. The van der Waals surface area contributed by atoms with E-state index in [-0.39, 0.29) is 23.7 Å². The number of esters is 1. The zero-order valence-corrected chi connectivity index (χ0v) is 18.7. The molecule has 1 aromatic rings. The summed E-state index contributed by atoms with van der Waals surface area (Å²) in [5.41, 5.74) is 0.846. The van der Waals surface area contributed by atoms with Crippen LogP contribution in [-0.2, 0) is 9.53 Å². The second-order valence-electron chi connectivity index (χ2n) is 7.71. The summed E-state index contributed by atoms with van der Waals surface area (Å²) in [4.78, 5) is 25.1. The first-order valence-corrected chi connectivity index (χ1v) is 10.8. The summed E-state index contributed by atoms with van der Waals surface area (Å²) in [5, 5.41) is 33.9. The van der Waals surface area contributed by atoms with Gasteiger partial charge in [-0.05, 0) is 38.1 Å². The molecule has 2 rings (SSSR count). The van der Waals surface area contributed by atoms with Crippen molar-refractivity contribution < 1.29 is 29.6 Å². The van der Waals surface area contributed by atoms with E-state index >= 15 is 0 Å². The molecule has 1 heterocycles. The lowest BCUT2D eigenvalue weighted by molar-refractivity contribution is -0.127. The Morgan fingerprint density at radius 3 is 2.66 bits per heavy atom. The van der Waals surface area contributed by atoms with E-state index < -0.39 is 30.1 Å². The minimum absolute atomic E-state index is 0.0223. The van der Waals surface area contributed by atoms with Crippen molar-refractivity contribution in [2.24, 2.45) is 5.92 Å². The highest BCUT2D eigenvalue weighted by molar-refractivity contribution is 5.98. The highest BCUT2D eigenvalue weighted by Gasteiger charge is 2.25. The predicted molar refractivity (Wildman–Crippen MR) is 122 cm³/mol. The Hall–Kier alpha value is -2.92. The van der Waals surface area contributed by atoms with Gasteiger partial charge in [-0.1, -0.05) is 43.9 Å². The molecule has 7 heteroatoms. The molecule has 0 amide bonds. The lowest BCUT2D eigenvalue weighted by Crippen LogP contribution is -2.32. The van der Waals surface area contributed by atoms with Crippen LogP contribution in [0, 0.1) is 17.8 Å². The van der Waals surface area contributed by atoms with E-state index in [4.69, 9.17) is 4.74 Å². The number of ketones is 1. The van der Waals surface area contributed by atoms with E-state index in [2.05, 4.69) is 17.2 Å². The molecule has 4 atom stereocenters. The molecule has 0 fully saturated rings. The summed E-state index contributed by atoms with van der Waals surface area (Å²) < 4.78 is 5.55. The van der Waals surface area contributed by atoms with Crippen molar-refractivity contribution in [3.05, 3.63) is 47.1 Å². The van der Waals surface area contributed by atoms with Crippen molar-refractivity contribution in [1.29, 1.82) is 0 Å². The molecule has 1 aromatic carbocycles. The van der Waals surface area contributed by atoms with E-state index in [1.54, 1.807) is 26.0 Å². The van der Waals surface area contributed by atoms with Crippen LogP contribution in [0.25, 0.3) is 6.08 Å². The van der Waals surface area contributed by atoms with Gasteiger partial charge in [0.15, 0.2) is 5.78 Å². The maximum atomic E-state index is 12.9. The summed E-state index contributed by atoms with van der Waals surface area (Å²) in [6.45, 7) is 6.99. The number of phenolic OH excluding ortho intramolecular Hbond substituents is 1. The summed E-state index contributed by atoms with van der Waals surface area (Å²) in [6.07, 6.45) is 2.84. The average Bonchev–Trinajstić information content (AvgIpc) is 2.76. The van der Waals surface area contributed by atoms with Crippen LogP contribution in [0.15, 0.2) is 30.4 Å². The summed E-state index contributed by atoms with van der Waals surface area (Å²) >= 11 is 0. The molecule has 0 aliphatic carbocycles. The first-order valence-electron chi connectivity index (χ1n) is 10.8. The molecular formula is C25H31NO6. The predicted octanol–water partition coefficient (Wildman–Crippen LogP) is 2.19. The maximum absolute atomic E-state index is 12.9. The number of benzene rings is 1. The molecule has 0 aromatic heterocycles. The fourth-order valence-electron chi connectivity index (χ4n) is 3.07. The van der Waals surface area contributed by atoms with Gasteiger partial charge in [-0.25, -0.2) is 4.79 Å². The van der Waals surface area contributed by atoms with Crippen molar-refractivity contribution >= 4 is 17.8 Å². The number of carbonyl (C=O) groups excluding carboxylic acids is 2. The van der Waals surface area contributed by atoms with E-state index in [0.717, 1.165) is 13.1 Å². The van der Waals surface area contributed by atoms with Gasteiger partial charge in [0.2, 0.25) is 0 Å². The first-order chi connectivity index (χ1) is 15.3. The molecule has 0 saturated heterocycles. The van der Waals surface area contributed by atoms with Crippen LogP contribution in [0.3, 0.4) is 0 Å². The Morgan fingerprint density at radius 1 is 1.19 bits per heavy atom. The molecule has 32 heavy (non-hydrogen) atoms. The van der Waals surface area contributed by atoms with Crippen LogP contribution in [0.2, 0.25) is 0 Å². The third-order valence-corrected chi connectivity index (χ3v) is 5.24. The van der Waals surface area contributed by atoms with Crippen LogP contribution >= 0.6 is 0 Å². The van der Waals surface area contributed by atoms with E-state index in [0.29, 0.717) is 17.5 Å². The number of hydrogen-bond donors (Lipinski definition) is 4. The molecule has 4 N–H and O–H groups in total. The third kappa shape index (κ3) is 6.79. The second-order valence-corrected chi connectivity index (χ2v) is 7.71. The number of rotatable bonds is 3. The van der Waals surface area contributed by atoms with Gasteiger partial charge in [0.1, 0.15) is 23.5 Å². The Kier molecular flexibility index (Phi) is 9.66. The average molecular weight is 442 g/mol. The zero-order valence-electron chi connectivity index (χ0n) is 18.7. The quantitative estimate of drug-likeness (QED) is 0.323. The van der Waals surface area contributed by atoms with Crippen molar-refractivity contribution in [3.8, 4) is 17.6 Å². The molecule has 7 nitrogen and oxygen atoms in total. The SMILES string of the molecule is CCNCCC#Cc1ccc(O)c2c1/C=C/C[C@H](O)[C@H](O)C(=O)/C=C\[C@@H](C)[C@H](C)OC2=O. The number of carbonyl (C=O) groups is 2. The molecule has 1 aliphatic heterocycles. The number of phenols is 1. The van der Waals surface area contributed by atoms with Gasteiger partial charge >= 0.3 is 5.97 Å². The molecular weight excluding hydrogens is 410 g/mol. The number of fused-ring (bicyclic) bond motifs is 1. The number of aliphatic hydroxyl groups excluding tert-OH is 2. The molecule has 0 bridgehead atoms. The van der Waals surface area contributed by atoms with Crippen molar-refractivity contribution in [1.82, 2.24) is 5.32 Å². The Balaban J connectivity index is 2.51. The monoisotopic (exact) mass is 441 g/mol.